The van der Waals surface area contributed by atoms with E-state index in [1.54, 1.807) is 18.2 Å². The first-order valence-corrected chi connectivity index (χ1v) is 10.0. The second-order valence-corrected chi connectivity index (χ2v) is 7.83. The fourth-order valence-corrected chi connectivity index (χ4v) is 3.71. The lowest BCUT2D eigenvalue weighted by atomic mass is 10.00. The zero-order valence-electron chi connectivity index (χ0n) is 16.1. The van der Waals surface area contributed by atoms with E-state index in [1.165, 1.54) is 0 Å². The van der Waals surface area contributed by atoms with Gasteiger partial charge in [0.1, 0.15) is 11.3 Å². The lowest BCUT2D eigenvalue weighted by molar-refractivity contribution is -0.0254. The van der Waals surface area contributed by atoms with Crippen molar-refractivity contribution >= 4 is 16.5 Å². The second-order valence-electron chi connectivity index (χ2n) is 7.83. The first-order chi connectivity index (χ1) is 13.9. The molecule has 1 saturated carbocycles. The standard InChI is InChI=1S/C23H24F2O4/c24-23(25,7-1-9-26)8-2-10-28-19-6-5-17-13-20(22(27)29-21(17)14-19)16-4-3-15-11-18(15)12-16/h3-6,12-15,18,26H,1-2,7-11H2. The molecule has 0 spiro atoms. The molecule has 0 amide bonds. The number of hydrogen-bond donors (Lipinski definition) is 1. The van der Waals surface area contributed by atoms with Gasteiger partial charge >= 0.3 is 5.63 Å². The summed E-state index contributed by atoms with van der Waals surface area (Å²) < 4.78 is 38.2. The second kappa shape index (κ2) is 8.11. The van der Waals surface area contributed by atoms with Crippen molar-refractivity contribution < 1.29 is 23.0 Å². The number of halogens is 2. The van der Waals surface area contributed by atoms with Crippen LogP contribution in [0.5, 0.6) is 5.75 Å². The maximum Gasteiger partial charge on any atom is 0.344 e. The Hall–Kier alpha value is -2.47. The van der Waals surface area contributed by atoms with E-state index in [1.807, 2.05) is 12.1 Å². The first kappa shape index (κ1) is 19.8. The van der Waals surface area contributed by atoms with Gasteiger partial charge in [0.15, 0.2) is 0 Å². The van der Waals surface area contributed by atoms with Crippen molar-refractivity contribution in [2.45, 2.75) is 38.0 Å². The third-order valence-electron chi connectivity index (χ3n) is 5.48. The molecule has 2 atom stereocenters. The van der Waals surface area contributed by atoms with E-state index in [-0.39, 0.29) is 38.9 Å². The van der Waals surface area contributed by atoms with Gasteiger partial charge in [-0.2, -0.15) is 0 Å². The number of fused-ring (bicyclic) bond motifs is 2. The van der Waals surface area contributed by atoms with Crippen LogP contribution in [0.3, 0.4) is 0 Å². The molecule has 0 saturated heterocycles. The molecule has 0 aliphatic heterocycles. The molecule has 1 N–H and O–H groups in total. The SMILES string of the molecule is O=c1oc2cc(OCCCC(F)(F)CCCO)ccc2cc1C1=CC2CC2C=C1. The molecule has 1 fully saturated rings. The highest BCUT2D eigenvalue weighted by molar-refractivity contribution is 5.84. The number of aliphatic hydroxyl groups excluding tert-OH is 1. The highest BCUT2D eigenvalue weighted by Crippen LogP contribution is 2.45. The average Bonchev–Trinajstić information content (AvgIpc) is 3.48. The van der Waals surface area contributed by atoms with E-state index < -0.39 is 11.5 Å². The third-order valence-corrected chi connectivity index (χ3v) is 5.48. The summed E-state index contributed by atoms with van der Waals surface area (Å²) in [6.07, 6.45) is 7.09. The van der Waals surface area contributed by atoms with E-state index in [0.29, 0.717) is 28.7 Å². The van der Waals surface area contributed by atoms with Gasteiger partial charge in [0.2, 0.25) is 5.92 Å². The van der Waals surface area contributed by atoms with Gasteiger partial charge in [-0.1, -0.05) is 18.2 Å². The average molecular weight is 402 g/mol. The van der Waals surface area contributed by atoms with Gasteiger partial charge in [-0.15, -0.1) is 0 Å². The van der Waals surface area contributed by atoms with Crippen molar-refractivity contribution in [2.24, 2.45) is 11.8 Å². The van der Waals surface area contributed by atoms with Crippen LogP contribution in [0.25, 0.3) is 16.5 Å². The minimum absolute atomic E-state index is 0.0908. The lowest BCUT2D eigenvalue weighted by Crippen LogP contribution is -2.17. The molecule has 4 nitrogen and oxygen atoms in total. The number of allylic oxidation sites excluding steroid dienone is 4. The van der Waals surface area contributed by atoms with Crippen LogP contribution >= 0.6 is 0 Å². The smallest absolute Gasteiger partial charge is 0.344 e. The fourth-order valence-electron chi connectivity index (χ4n) is 3.71. The summed E-state index contributed by atoms with van der Waals surface area (Å²) in [6.45, 7) is -0.0897. The van der Waals surface area contributed by atoms with E-state index in [0.717, 1.165) is 17.4 Å². The minimum atomic E-state index is -2.79. The van der Waals surface area contributed by atoms with Crippen molar-refractivity contribution in [3.05, 3.63) is 58.5 Å². The molecule has 1 aromatic heterocycles. The van der Waals surface area contributed by atoms with Gasteiger partial charge in [0, 0.05) is 30.9 Å². The summed E-state index contributed by atoms with van der Waals surface area (Å²) in [4.78, 5) is 12.4. The van der Waals surface area contributed by atoms with Crippen LogP contribution in [0.4, 0.5) is 8.78 Å². The Morgan fingerprint density at radius 2 is 2.00 bits per heavy atom. The Bertz CT molecular complexity index is 1010. The predicted octanol–water partition coefficient (Wildman–Crippen LogP) is 4.95. The molecule has 4 rings (SSSR count). The topological polar surface area (TPSA) is 59.7 Å². The summed E-state index contributed by atoms with van der Waals surface area (Å²) in [5.41, 5.74) is 1.47. The zero-order chi connectivity index (χ0) is 20.4. The molecule has 2 aliphatic rings. The van der Waals surface area contributed by atoms with E-state index in [2.05, 4.69) is 12.2 Å². The normalized spacial score (nSPS) is 20.4. The fraction of sp³-hybridized carbons (Fsp3) is 0.435. The van der Waals surface area contributed by atoms with Crippen molar-refractivity contribution in [1.82, 2.24) is 0 Å². The van der Waals surface area contributed by atoms with Gasteiger partial charge < -0.3 is 14.3 Å². The summed E-state index contributed by atoms with van der Waals surface area (Å²) in [5, 5.41) is 9.45. The minimum Gasteiger partial charge on any atom is -0.493 e. The van der Waals surface area contributed by atoms with Gasteiger partial charge in [-0.25, -0.2) is 13.6 Å². The lowest BCUT2D eigenvalue weighted by Gasteiger charge is -2.15. The van der Waals surface area contributed by atoms with Crippen LogP contribution in [-0.2, 0) is 0 Å². The molecule has 6 heteroatoms. The molecular formula is C23H24F2O4. The van der Waals surface area contributed by atoms with Crippen molar-refractivity contribution in [3.63, 3.8) is 0 Å². The van der Waals surface area contributed by atoms with Gasteiger partial charge in [-0.3, -0.25) is 0 Å². The predicted molar refractivity (Wildman–Crippen MR) is 107 cm³/mol. The van der Waals surface area contributed by atoms with Crippen molar-refractivity contribution in [1.29, 1.82) is 0 Å². The van der Waals surface area contributed by atoms with Crippen LogP contribution in [0.1, 0.15) is 37.7 Å². The Morgan fingerprint density at radius 3 is 2.79 bits per heavy atom. The van der Waals surface area contributed by atoms with Crippen LogP contribution in [0, 0.1) is 11.8 Å². The van der Waals surface area contributed by atoms with Crippen LogP contribution in [-0.4, -0.2) is 24.2 Å². The maximum absolute atomic E-state index is 13.6. The molecule has 2 unspecified atom stereocenters. The summed E-state index contributed by atoms with van der Waals surface area (Å²) >= 11 is 0. The van der Waals surface area contributed by atoms with Crippen molar-refractivity contribution in [2.75, 3.05) is 13.2 Å². The van der Waals surface area contributed by atoms with Crippen molar-refractivity contribution in [3.8, 4) is 5.75 Å². The Labute approximate surface area is 167 Å². The molecule has 154 valence electrons. The number of hydrogen-bond acceptors (Lipinski definition) is 4. The monoisotopic (exact) mass is 402 g/mol. The molecule has 0 bridgehead atoms. The molecule has 2 aromatic rings. The van der Waals surface area contributed by atoms with E-state index in [4.69, 9.17) is 14.3 Å². The Morgan fingerprint density at radius 1 is 1.17 bits per heavy atom. The van der Waals surface area contributed by atoms with E-state index in [9.17, 15) is 13.6 Å². The molecule has 1 aromatic carbocycles. The highest BCUT2D eigenvalue weighted by Gasteiger charge is 2.35. The third kappa shape index (κ3) is 4.75. The van der Waals surface area contributed by atoms with Gasteiger partial charge in [0.05, 0.1) is 12.2 Å². The zero-order valence-corrected chi connectivity index (χ0v) is 16.1. The number of benzene rings is 1. The molecule has 0 radical (unpaired) electrons. The Balaban J connectivity index is 1.40. The largest absolute Gasteiger partial charge is 0.493 e. The quantitative estimate of drug-likeness (QED) is 0.476. The first-order valence-electron chi connectivity index (χ1n) is 10.0. The molecular weight excluding hydrogens is 378 g/mol. The number of ether oxygens (including phenoxy) is 1. The summed E-state index contributed by atoms with van der Waals surface area (Å²) in [7, 11) is 0. The van der Waals surface area contributed by atoms with Crippen LogP contribution in [0.15, 0.2) is 51.7 Å². The summed E-state index contributed by atoms with van der Waals surface area (Å²) in [6, 6.07) is 7.00. The van der Waals surface area contributed by atoms with E-state index >= 15 is 0 Å². The summed E-state index contributed by atoms with van der Waals surface area (Å²) in [5.74, 6) is -1.15. The van der Waals surface area contributed by atoms with Crippen LogP contribution in [0.2, 0.25) is 0 Å². The highest BCUT2D eigenvalue weighted by atomic mass is 19.3. The van der Waals surface area contributed by atoms with Gasteiger partial charge in [-0.05, 0) is 54.9 Å². The number of aliphatic hydroxyl groups is 1. The van der Waals surface area contributed by atoms with Gasteiger partial charge in [0.25, 0.3) is 0 Å². The number of alkyl halides is 2. The Kier molecular flexibility index (Phi) is 5.54. The van der Waals surface area contributed by atoms with Crippen LogP contribution < -0.4 is 10.4 Å². The molecule has 1 heterocycles. The number of rotatable bonds is 9. The maximum atomic E-state index is 13.6. The molecule has 2 aliphatic carbocycles. The molecule has 29 heavy (non-hydrogen) atoms.